The van der Waals surface area contributed by atoms with Crippen LogP contribution in [0.1, 0.15) is 11.7 Å². The summed E-state index contributed by atoms with van der Waals surface area (Å²) in [6.07, 6.45) is -6.69. The molecule has 0 spiro atoms. The van der Waals surface area contributed by atoms with Crippen molar-refractivity contribution in [2.75, 3.05) is 0 Å². The minimum Gasteiger partial charge on any atom is -0.479 e. The highest BCUT2D eigenvalue weighted by atomic mass is 32.1. The molecule has 1 rings (SSSR count). The summed E-state index contributed by atoms with van der Waals surface area (Å²) in [5, 5.41) is 17.7. The highest BCUT2D eigenvalue weighted by molar-refractivity contribution is 7.80. The van der Waals surface area contributed by atoms with Crippen molar-refractivity contribution in [3.8, 4) is 5.75 Å². The second-order valence-corrected chi connectivity index (χ2v) is 3.49. The van der Waals surface area contributed by atoms with Crippen LogP contribution >= 0.6 is 12.6 Å². The number of carbonyl (C=O) groups is 1. The molecule has 0 bridgehead atoms. The second-order valence-electron chi connectivity index (χ2n) is 3.01. The third-order valence-electron chi connectivity index (χ3n) is 1.76. The van der Waals surface area contributed by atoms with Gasteiger partial charge in [-0.15, -0.1) is 25.8 Å². The van der Waals surface area contributed by atoms with E-state index in [-0.39, 0.29) is 10.5 Å². The topological polar surface area (TPSA) is 66.8 Å². The number of hydrogen-bond acceptors (Lipinski definition) is 4. The number of carboxylic acids is 1. The number of thiol groups is 1. The Morgan fingerprint density at radius 1 is 1.41 bits per heavy atom. The van der Waals surface area contributed by atoms with Gasteiger partial charge < -0.3 is 14.9 Å². The summed E-state index contributed by atoms with van der Waals surface area (Å²) < 4.78 is 39.2. The second kappa shape index (κ2) is 4.84. The zero-order valence-electron chi connectivity index (χ0n) is 8.10. The third-order valence-corrected chi connectivity index (χ3v) is 2.15. The smallest absolute Gasteiger partial charge is 0.479 e. The molecule has 8 heteroatoms. The monoisotopic (exact) mass is 268 g/mol. The van der Waals surface area contributed by atoms with Crippen molar-refractivity contribution in [2.45, 2.75) is 17.4 Å². The first-order valence-electron chi connectivity index (χ1n) is 4.20. The van der Waals surface area contributed by atoms with Crippen LogP contribution in [-0.4, -0.2) is 22.5 Å². The van der Waals surface area contributed by atoms with Crippen molar-refractivity contribution in [1.29, 1.82) is 0 Å². The molecule has 0 saturated carbocycles. The van der Waals surface area contributed by atoms with Crippen LogP contribution in [0.3, 0.4) is 0 Å². The molecule has 0 fully saturated rings. The minimum atomic E-state index is -4.84. The van der Waals surface area contributed by atoms with E-state index in [1.54, 1.807) is 0 Å². The summed E-state index contributed by atoms with van der Waals surface area (Å²) in [7, 11) is 0. The maximum absolute atomic E-state index is 11.9. The predicted octanol–water partition coefficient (Wildman–Crippen LogP) is 1.99. The Morgan fingerprint density at radius 3 is 2.41 bits per heavy atom. The van der Waals surface area contributed by atoms with Crippen molar-refractivity contribution in [2.24, 2.45) is 0 Å². The summed E-state index contributed by atoms with van der Waals surface area (Å²) in [4.78, 5) is 10.4. The van der Waals surface area contributed by atoms with Crippen molar-refractivity contribution >= 4 is 18.6 Å². The van der Waals surface area contributed by atoms with E-state index in [9.17, 15) is 23.1 Å². The van der Waals surface area contributed by atoms with Gasteiger partial charge in [0.05, 0.1) is 0 Å². The third kappa shape index (κ3) is 3.82. The number of hydrogen-bond donors (Lipinski definition) is 3. The first kappa shape index (κ1) is 13.7. The van der Waals surface area contributed by atoms with E-state index >= 15 is 0 Å². The Hall–Kier alpha value is -1.41. The van der Waals surface area contributed by atoms with Crippen LogP contribution in [0, 0.1) is 0 Å². The summed E-state index contributed by atoms with van der Waals surface area (Å²) in [6, 6.07) is 2.77. The van der Waals surface area contributed by atoms with E-state index in [0.29, 0.717) is 0 Å². The zero-order valence-corrected chi connectivity index (χ0v) is 9.00. The first-order chi connectivity index (χ1) is 7.70. The molecular formula is C9H7F3O4S. The van der Waals surface area contributed by atoms with Crippen LogP contribution in [-0.2, 0) is 4.79 Å². The standard InChI is InChI=1S/C9H7F3O4S/c10-9(11,12)16-4-1-2-5(6(17)3-4)7(13)8(14)15/h1-3,7,13,17H,(H,14,15). The van der Waals surface area contributed by atoms with Gasteiger partial charge in [0.1, 0.15) is 5.75 Å². The number of aliphatic hydroxyl groups is 1. The van der Waals surface area contributed by atoms with Crippen molar-refractivity contribution < 1.29 is 32.9 Å². The van der Waals surface area contributed by atoms with Gasteiger partial charge in [-0.05, 0) is 12.1 Å². The number of alkyl halides is 3. The van der Waals surface area contributed by atoms with Gasteiger partial charge in [-0.3, -0.25) is 0 Å². The molecule has 0 aromatic heterocycles. The van der Waals surface area contributed by atoms with Crippen LogP contribution < -0.4 is 4.74 Å². The van der Waals surface area contributed by atoms with Gasteiger partial charge >= 0.3 is 12.3 Å². The Balaban J connectivity index is 2.98. The summed E-state index contributed by atoms with van der Waals surface area (Å²) in [5.41, 5.74) is -0.115. The van der Waals surface area contributed by atoms with E-state index in [1.807, 2.05) is 0 Å². The van der Waals surface area contributed by atoms with Crippen molar-refractivity contribution in [3.05, 3.63) is 23.8 Å². The number of aliphatic hydroxyl groups excluding tert-OH is 1. The minimum absolute atomic E-state index is 0.110. The molecule has 0 aliphatic heterocycles. The highest BCUT2D eigenvalue weighted by Crippen LogP contribution is 2.29. The lowest BCUT2D eigenvalue weighted by atomic mass is 10.1. The largest absolute Gasteiger partial charge is 0.573 e. The molecule has 0 aliphatic rings. The number of aliphatic carboxylic acids is 1. The molecule has 1 aromatic rings. The van der Waals surface area contributed by atoms with Crippen LogP contribution in [0.25, 0.3) is 0 Å². The molecule has 4 nitrogen and oxygen atoms in total. The molecule has 0 amide bonds. The zero-order chi connectivity index (χ0) is 13.2. The van der Waals surface area contributed by atoms with Gasteiger partial charge in [0.25, 0.3) is 0 Å². The number of rotatable bonds is 3. The van der Waals surface area contributed by atoms with E-state index in [2.05, 4.69) is 17.4 Å². The number of carboxylic acid groups (broad SMARTS) is 1. The van der Waals surface area contributed by atoms with Crippen LogP contribution in [0.15, 0.2) is 23.1 Å². The van der Waals surface area contributed by atoms with E-state index < -0.39 is 24.2 Å². The number of benzene rings is 1. The molecule has 0 radical (unpaired) electrons. The lowest BCUT2D eigenvalue weighted by Gasteiger charge is -2.12. The fraction of sp³-hybridized carbons (Fsp3) is 0.222. The fourth-order valence-electron chi connectivity index (χ4n) is 1.08. The van der Waals surface area contributed by atoms with E-state index in [0.717, 1.165) is 18.2 Å². The van der Waals surface area contributed by atoms with E-state index in [1.165, 1.54) is 0 Å². The molecule has 0 aliphatic carbocycles. The van der Waals surface area contributed by atoms with Gasteiger partial charge in [-0.2, -0.15) is 0 Å². The highest BCUT2D eigenvalue weighted by Gasteiger charge is 2.31. The van der Waals surface area contributed by atoms with Gasteiger partial charge in [0.15, 0.2) is 6.10 Å². The molecular weight excluding hydrogens is 261 g/mol. The average molecular weight is 268 g/mol. The molecule has 17 heavy (non-hydrogen) atoms. The number of ether oxygens (including phenoxy) is 1. The molecule has 0 heterocycles. The summed E-state index contributed by atoms with van der Waals surface area (Å²) in [6.45, 7) is 0. The van der Waals surface area contributed by atoms with E-state index in [4.69, 9.17) is 5.11 Å². The van der Waals surface area contributed by atoms with Gasteiger partial charge in [0.2, 0.25) is 0 Å². The Kier molecular flexibility index (Phi) is 3.89. The molecule has 2 N–H and O–H groups in total. The molecule has 0 saturated heterocycles. The van der Waals surface area contributed by atoms with Gasteiger partial charge in [0, 0.05) is 10.5 Å². The quantitative estimate of drug-likeness (QED) is 0.733. The normalized spacial score (nSPS) is 13.2. The maximum atomic E-state index is 11.9. The summed E-state index contributed by atoms with van der Waals surface area (Å²) in [5.74, 6) is -2.06. The predicted molar refractivity (Wildman–Crippen MR) is 53.0 cm³/mol. The number of halogens is 3. The Bertz CT molecular complexity index is 433. The van der Waals surface area contributed by atoms with Crippen LogP contribution in [0.5, 0.6) is 5.75 Å². The average Bonchev–Trinajstić information content (AvgIpc) is 2.14. The maximum Gasteiger partial charge on any atom is 0.573 e. The molecule has 94 valence electrons. The Labute approximate surface area is 99.0 Å². The molecule has 1 unspecified atom stereocenters. The summed E-state index contributed by atoms with van der Waals surface area (Å²) >= 11 is 3.78. The van der Waals surface area contributed by atoms with Crippen molar-refractivity contribution in [3.63, 3.8) is 0 Å². The van der Waals surface area contributed by atoms with Crippen molar-refractivity contribution in [1.82, 2.24) is 0 Å². The van der Waals surface area contributed by atoms with Gasteiger partial charge in [-0.1, -0.05) is 6.07 Å². The first-order valence-corrected chi connectivity index (χ1v) is 4.65. The van der Waals surface area contributed by atoms with Crippen LogP contribution in [0.2, 0.25) is 0 Å². The SMILES string of the molecule is O=C(O)C(O)c1ccc(OC(F)(F)F)cc1S. The Morgan fingerprint density at radius 2 is 2.00 bits per heavy atom. The molecule has 1 aromatic carbocycles. The van der Waals surface area contributed by atoms with Gasteiger partial charge in [-0.25, -0.2) is 4.79 Å². The molecule has 1 atom stereocenters. The lowest BCUT2D eigenvalue weighted by Crippen LogP contribution is -2.17. The fourth-order valence-corrected chi connectivity index (χ4v) is 1.41. The lowest BCUT2D eigenvalue weighted by molar-refractivity contribution is -0.274. The van der Waals surface area contributed by atoms with Crippen LogP contribution in [0.4, 0.5) is 13.2 Å².